The van der Waals surface area contributed by atoms with Gasteiger partial charge < -0.3 is 10.5 Å². The maximum atomic E-state index is 10.9. The highest BCUT2D eigenvalue weighted by atomic mass is 35.5. The van der Waals surface area contributed by atoms with E-state index in [1.165, 1.54) is 5.56 Å². The van der Waals surface area contributed by atoms with Crippen molar-refractivity contribution in [1.82, 2.24) is 4.90 Å². The number of fused-ring (bicyclic) bond motifs is 1. The van der Waals surface area contributed by atoms with Crippen LogP contribution in [-0.2, 0) is 12.8 Å². The average Bonchev–Trinajstić information content (AvgIpc) is 2.80. The molecule has 2 aromatic carbocycles. The number of non-ortho nitro benzene ring substituents is 1. The summed E-state index contributed by atoms with van der Waals surface area (Å²) in [7, 11) is 0. The lowest BCUT2D eigenvalue weighted by atomic mass is 10.0. The normalized spacial score (nSPS) is 13.5. The van der Waals surface area contributed by atoms with Gasteiger partial charge in [-0.25, -0.2) is 0 Å². The van der Waals surface area contributed by atoms with Crippen LogP contribution in [0, 0.1) is 17.0 Å². The molecule has 2 N–H and O–H groups in total. The fraction of sp³-hybridized carbons (Fsp3) is 0.368. The van der Waals surface area contributed by atoms with Crippen LogP contribution < -0.4 is 10.5 Å². The molecule has 6 nitrogen and oxygen atoms in total. The van der Waals surface area contributed by atoms with Crippen LogP contribution in [0.5, 0.6) is 5.75 Å². The Kier molecular flexibility index (Phi) is 8.82. The molecule has 0 bridgehead atoms. The highest BCUT2D eigenvalue weighted by Gasteiger charge is 2.16. The van der Waals surface area contributed by atoms with Crippen molar-refractivity contribution in [3.05, 3.63) is 63.2 Å². The fourth-order valence-corrected chi connectivity index (χ4v) is 3.13. The van der Waals surface area contributed by atoms with Gasteiger partial charge in [0.25, 0.3) is 5.69 Å². The quantitative estimate of drug-likeness (QED) is 0.457. The summed E-state index contributed by atoms with van der Waals surface area (Å²) in [6, 6.07) is 10.9. The molecule has 0 amide bonds. The molecular formula is C19H25Cl2N3O3. The van der Waals surface area contributed by atoms with E-state index in [-0.39, 0.29) is 35.4 Å². The van der Waals surface area contributed by atoms with Gasteiger partial charge in [0.1, 0.15) is 12.4 Å². The summed E-state index contributed by atoms with van der Waals surface area (Å²) in [4.78, 5) is 12.9. The Morgan fingerprint density at radius 3 is 2.48 bits per heavy atom. The van der Waals surface area contributed by atoms with Crippen molar-refractivity contribution >= 4 is 36.2 Å². The van der Waals surface area contributed by atoms with Gasteiger partial charge in [-0.3, -0.25) is 15.0 Å². The second-order valence-corrected chi connectivity index (χ2v) is 6.42. The fourth-order valence-electron chi connectivity index (χ4n) is 3.13. The molecule has 0 fully saturated rings. The topological polar surface area (TPSA) is 81.6 Å². The molecule has 0 saturated carbocycles. The first-order chi connectivity index (χ1) is 12.0. The largest absolute Gasteiger partial charge is 0.492 e. The van der Waals surface area contributed by atoms with Gasteiger partial charge in [-0.15, -0.1) is 24.8 Å². The van der Waals surface area contributed by atoms with E-state index in [1.807, 2.05) is 31.2 Å². The number of aryl methyl sites for hydroxylation is 1. The van der Waals surface area contributed by atoms with Gasteiger partial charge in [0, 0.05) is 37.5 Å². The number of hydrogen-bond acceptors (Lipinski definition) is 5. The van der Waals surface area contributed by atoms with Crippen LogP contribution in [0.4, 0.5) is 11.4 Å². The van der Waals surface area contributed by atoms with E-state index in [4.69, 9.17) is 10.5 Å². The molecule has 0 saturated heterocycles. The lowest BCUT2D eigenvalue weighted by Gasteiger charge is -2.20. The lowest BCUT2D eigenvalue weighted by Crippen LogP contribution is -2.30. The van der Waals surface area contributed by atoms with Crippen molar-refractivity contribution in [2.45, 2.75) is 19.8 Å². The number of nitro benzene ring substituents is 1. The van der Waals surface area contributed by atoms with Crippen molar-refractivity contribution in [2.24, 2.45) is 0 Å². The number of nitro groups is 1. The van der Waals surface area contributed by atoms with E-state index < -0.39 is 0 Å². The zero-order chi connectivity index (χ0) is 17.8. The number of anilines is 1. The summed E-state index contributed by atoms with van der Waals surface area (Å²) in [5.41, 5.74) is 10.1. The molecule has 3 rings (SSSR count). The van der Waals surface area contributed by atoms with E-state index >= 15 is 0 Å². The maximum absolute atomic E-state index is 10.9. The van der Waals surface area contributed by atoms with Crippen molar-refractivity contribution in [3.8, 4) is 5.75 Å². The zero-order valence-electron chi connectivity index (χ0n) is 15.2. The molecule has 0 atom stereocenters. The Labute approximate surface area is 171 Å². The third kappa shape index (κ3) is 5.99. The number of benzene rings is 2. The molecule has 2 aromatic rings. The number of rotatable bonds is 5. The maximum Gasteiger partial charge on any atom is 0.269 e. The summed E-state index contributed by atoms with van der Waals surface area (Å²) >= 11 is 0. The monoisotopic (exact) mass is 413 g/mol. The third-order valence-electron chi connectivity index (χ3n) is 4.71. The number of hydrogen-bond donors (Lipinski definition) is 1. The van der Waals surface area contributed by atoms with Crippen molar-refractivity contribution in [2.75, 3.05) is 32.0 Å². The van der Waals surface area contributed by atoms with Gasteiger partial charge in [0.15, 0.2) is 0 Å². The Hall–Kier alpha value is -2.02. The molecule has 1 aliphatic rings. The number of ether oxygens (including phenoxy) is 1. The summed E-state index contributed by atoms with van der Waals surface area (Å²) in [6.45, 7) is 5.24. The SMILES string of the molecule is Cc1cc(OCCN2CCc3ccc([N+](=O)[O-])cc3CC2)ccc1N.Cl.Cl. The summed E-state index contributed by atoms with van der Waals surface area (Å²) in [6.07, 6.45) is 1.74. The number of nitrogens with zero attached hydrogens (tertiary/aromatic N) is 2. The molecule has 27 heavy (non-hydrogen) atoms. The molecule has 1 heterocycles. The second kappa shape index (κ2) is 10.3. The molecule has 0 aromatic heterocycles. The second-order valence-electron chi connectivity index (χ2n) is 6.42. The molecule has 1 aliphatic heterocycles. The molecule has 8 heteroatoms. The van der Waals surface area contributed by atoms with E-state index in [0.717, 1.165) is 55.0 Å². The number of nitrogens with two attached hydrogens (primary N) is 1. The third-order valence-corrected chi connectivity index (χ3v) is 4.71. The van der Waals surface area contributed by atoms with Crippen LogP contribution in [-0.4, -0.2) is 36.1 Å². The standard InChI is InChI=1S/C19H23N3O3.2ClH/c1-14-12-18(4-5-19(14)20)25-11-10-21-8-6-15-2-3-17(22(23)24)13-16(15)7-9-21;;/h2-5,12-13H,6-11,20H2,1H3;2*1H. The van der Waals surface area contributed by atoms with Gasteiger partial charge in [0.05, 0.1) is 4.92 Å². The first-order valence-corrected chi connectivity index (χ1v) is 8.50. The van der Waals surface area contributed by atoms with E-state index in [2.05, 4.69) is 4.90 Å². The predicted octanol–water partition coefficient (Wildman–Crippen LogP) is 3.81. The lowest BCUT2D eigenvalue weighted by molar-refractivity contribution is -0.384. The molecule has 0 radical (unpaired) electrons. The van der Waals surface area contributed by atoms with Crippen LogP contribution >= 0.6 is 24.8 Å². The van der Waals surface area contributed by atoms with E-state index in [0.29, 0.717) is 6.61 Å². The smallest absolute Gasteiger partial charge is 0.269 e. The Bertz CT molecular complexity index is 787. The summed E-state index contributed by atoms with van der Waals surface area (Å²) in [5.74, 6) is 0.834. The summed E-state index contributed by atoms with van der Waals surface area (Å²) in [5, 5.41) is 10.9. The van der Waals surface area contributed by atoms with Crippen molar-refractivity contribution in [1.29, 1.82) is 0 Å². The minimum absolute atomic E-state index is 0. The molecule has 0 unspecified atom stereocenters. The minimum atomic E-state index is -0.328. The predicted molar refractivity (Wildman–Crippen MR) is 113 cm³/mol. The Morgan fingerprint density at radius 1 is 1.11 bits per heavy atom. The molecule has 148 valence electrons. The van der Waals surface area contributed by atoms with Crippen LogP contribution in [0.2, 0.25) is 0 Å². The van der Waals surface area contributed by atoms with Gasteiger partial charge >= 0.3 is 0 Å². The van der Waals surface area contributed by atoms with E-state index in [1.54, 1.807) is 12.1 Å². The molecule has 0 spiro atoms. The highest BCUT2D eigenvalue weighted by Crippen LogP contribution is 2.22. The zero-order valence-corrected chi connectivity index (χ0v) is 16.9. The molecular weight excluding hydrogens is 389 g/mol. The van der Waals surface area contributed by atoms with Crippen molar-refractivity contribution in [3.63, 3.8) is 0 Å². The first-order valence-electron chi connectivity index (χ1n) is 8.50. The van der Waals surface area contributed by atoms with Crippen LogP contribution in [0.3, 0.4) is 0 Å². The first kappa shape index (κ1) is 23.0. The highest BCUT2D eigenvalue weighted by molar-refractivity contribution is 5.85. The van der Waals surface area contributed by atoms with Crippen LogP contribution in [0.25, 0.3) is 0 Å². The summed E-state index contributed by atoms with van der Waals surface area (Å²) < 4.78 is 5.83. The number of halogens is 2. The van der Waals surface area contributed by atoms with Gasteiger partial charge in [-0.1, -0.05) is 6.07 Å². The van der Waals surface area contributed by atoms with Gasteiger partial charge in [-0.2, -0.15) is 0 Å². The van der Waals surface area contributed by atoms with Crippen LogP contribution in [0.15, 0.2) is 36.4 Å². The van der Waals surface area contributed by atoms with Gasteiger partial charge in [0.2, 0.25) is 0 Å². The average molecular weight is 414 g/mol. The Balaban J connectivity index is 0.00000182. The van der Waals surface area contributed by atoms with Gasteiger partial charge in [-0.05, 0) is 54.7 Å². The van der Waals surface area contributed by atoms with E-state index in [9.17, 15) is 10.1 Å². The van der Waals surface area contributed by atoms with Crippen LogP contribution in [0.1, 0.15) is 16.7 Å². The molecule has 0 aliphatic carbocycles. The minimum Gasteiger partial charge on any atom is -0.492 e. The Morgan fingerprint density at radius 2 is 1.81 bits per heavy atom. The van der Waals surface area contributed by atoms with Crippen molar-refractivity contribution < 1.29 is 9.66 Å². The number of nitrogen functional groups attached to an aromatic ring is 1.